The average molecular weight is 192 g/mol. The minimum atomic E-state index is -0.106. The number of ether oxygens (including phenoxy) is 2. The van der Waals surface area contributed by atoms with Crippen LogP contribution in [0.5, 0.6) is 5.75 Å². The molecule has 0 radical (unpaired) electrons. The van der Waals surface area contributed by atoms with Crippen molar-refractivity contribution in [3.8, 4) is 5.75 Å². The smallest absolute Gasteiger partial charge is 0.168 e. The lowest BCUT2D eigenvalue weighted by molar-refractivity contribution is -0.118. The molecule has 0 N–H and O–H groups in total. The van der Waals surface area contributed by atoms with E-state index >= 15 is 0 Å². The van der Waals surface area contributed by atoms with Gasteiger partial charge in [0, 0.05) is 0 Å². The molecule has 0 spiro atoms. The zero-order valence-corrected chi connectivity index (χ0v) is 8.03. The molecule has 1 aliphatic heterocycles. The molecule has 0 aromatic heterocycles. The van der Waals surface area contributed by atoms with Crippen LogP contribution < -0.4 is 4.74 Å². The fourth-order valence-corrected chi connectivity index (χ4v) is 1.61. The van der Waals surface area contributed by atoms with Crippen molar-refractivity contribution in [3.63, 3.8) is 0 Å². The molecule has 1 unspecified atom stereocenters. The van der Waals surface area contributed by atoms with Gasteiger partial charge >= 0.3 is 0 Å². The van der Waals surface area contributed by atoms with Gasteiger partial charge in [0.1, 0.15) is 12.4 Å². The maximum atomic E-state index is 11.4. The molecule has 3 heteroatoms. The van der Waals surface area contributed by atoms with Gasteiger partial charge in [0.15, 0.2) is 5.78 Å². The summed E-state index contributed by atoms with van der Waals surface area (Å²) in [5.74, 6) is 0.825. The summed E-state index contributed by atoms with van der Waals surface area (Å²) in [5, 5.41) is 0. The number of hydrogen-bond acceptors (Lipinski definition) is 3. The number of methoxy groups -OCH3 is 1. The standard InChI is InChI=1S/C11H12O3/c1-13-9-4-2-3-8(5-9)10-6-14-7-11(10)12/h2-5,10H,6-7H2,1H3. The Hall–Kier alpha value is -1.35. The highest BCUT2D eigenvalue weighted by molar-refractivity contribution is 5.88. The predicted octanol–water partition coefficient (Wildman–Crippen LogP) is 1.38. The molecule has 1 aliphatic rings. The highest BCUT2D eigenvalue weighted by Gasteiger charge is 2.26. The van der Waals surface area contributed by atoms with Crippen molar-refractivity contribution in [3.05, 3.63) is 29.8 Å². The third kappa shape index (κ3) is 1.63. The van der Waals surface area contributed by atoms with E-state index in [0.717, 1.165) is 11.3 Å². The minimum Gasteiger partial charge on any atom is -0.497 e. The number of ketones is 1. The summed E-state index contributed by atoms with van der Waals surface area (Å²) in [6, 6.07) is 7.57. The summed E-state index contributed by atoms with van der Waals surface area (Å²) < 4.78 is 10.2. The van der Waals surface area contributed by atoms with Gasteiger partial charge in [-0.25, -0.2) is 0 Å². The number of Topliss-reactive ketones (excluding diaryl/α,β-unsaturated/α-hetero) is 1. The highest BCUT2D eigenvalue weighted by atomic mass is 16.5. The molecule has 14 heavy (non-hydrogen) atoms. The lowest BCUT2D eigenvalue weighted by Gasteiger charge is -2.08. The van der Waals surface area contributed by atoms with Gasteiger partial charge in [0.05, 0.1) is 19.6 Å². The van der Waals surface area contributed by atoms with Crippen LogP contribution in [0.3, 0.4) is 0 Å². The second-order valence-corrected chi connectivity index (χ2v) is 3.31. The first kappa shape index (κ1) is 9.21. The second kappa shape index (κ2) is 3.80. The summed E-state index contributed by atoms with van der Waals surface area (Å²) in [6.45, 7) is 0.730. The normalized spacial score (nSPS) is 21.2. The molecule has 1 saturated heterocycles. The second-order valence-electron chi connectivity index (χ2n) is 3.31. The van der Waals surface area contributed by atoms with Gasteiger partial charge in [-0.1, -0.05) is 12.1 Å². The van der Waals surface area contributed by atoms with E-state index in [0.29, 0.717) is 6.61 Å². The zero-order valence-electron chi connectivity index (χ0n) is 8.03. The lowest BCUT2D eigenvalue weighted by Crippen LogP contribution is -2.08. The van der Waals surface area contributed by atoms with Crippen molar-refractivity contribution in [2.24, 2.45) is 0 Å². The quantitative estimate of drug-likeness (QED) is 0.710. The Morgan fingerprint density at radius 1 is 1.50 bits per heavy atom. The van der Waals surface area contributed by atoms with Crippen LogP contribution in [-0.4, -0.2) is 26.1 Å². The van der Waals surface area contributed by atoms with Crippen LogP contribution in [0, 0.1) is 0 Å². The molecule has 1 heterocycles. The van der Waals surface area contributed by atoms with E-state index < -0.39 is 0 Å². The van der Waals surface area contributed by atoms with Crippen LogP contribution in [0.15, 0.2) is 24.3 Å². The minimum absolute atomic E-state index is 0.106. The van der Waals surface area contributed by atoms with E-state index in [1.165, 1.54) is 0 Å². The SMILES string of the molecule is COc1cccc(C2COCC2=O)c1. The number of carbonyl (C=O) groups excluding carboxylic acids is 1. The number of benzene rings is 1. The topological polar surface area (TPSA) is 35.5 Å². The molecule has 3 nitrogen and oxygen atoms in total. The molecular weight excluding hydrogens is 180 g/mol. The summed E-state index contributed by atoms with van der Waals surface area (Å²) in [6.07, 6.45) is 0. The summed E-state index contributed by atoms with van der Waals surface area (Å²) in [5.41, 5.74) is 0.979. The van der Waals surface area contributed by atoms with Crippen LogP contribution in [-0.2, 0) is 9.53 Å². The largest absolute Gasteiger partial charge is 0.497 e. The molecule has 2 rings (SSSR count). The number of carbonyl (C=O) groups is 1. The van der Waals surface area contributed by atoms with E-state index in [1.807, 2.05) is 24.3 Å². The Bertz CT molecular complexity index is 346. The molecule has 0 saturated carbocycles. The molecule has 1 aromatic carbocycles. The van der Waals surface area contributed by atoms with Gasteiger partial charge in [-0.2, -0.15) is 0 Å². The maximum Gasteiger partial charge on any atom is 0.168 e. The van der Waals surface area contributed by atoms with Gasteiger partial charge in [-0.3, -0.25) is 4.79 Å². The van der Waals surface area contributed by atoms with Gasteiger partial charge in [-0.05, 0) is 17.7 Å². The number of hydrogen-bond donors (Lipinski definition) is 0. The van der Waals surface area contributed by atoms with Crippen molar-refractivity contribution in [2.75, 3.05) is 20.3 Å². The third-order valence-corrected chi connectivity index (χ3v) is 2.41. The van der Waals surface area contributed by atoms with Crippen LogP contribution >= 0.6 is 0 Å². The molecule has 1 aromatic rings. The van der Waals surface area contributed by atoms with Crippen molar-refractivity contribution in [1.29, 1.82) is 0 Å². The van der Waals surface area contributed by atoms with Gasteiger partial charge in [0.25, 0.3) is 0 Å². The molecule has 74 valence electrons. The Morgan fingerprint density at radius 2 is 2.36 bits per heavy atom. The molecule has 1 atom stereocenters. The van der Waals surface area contributed by atoms with Crippen molar-refractivity contribution in [2.45, 2.75) is 5.92 Å². The van der Waals surface area contributed by atoms with Crippen LogP contribution in [0.4, 0.5) is 0 Å². The number of rotatable bonds is 2. The molecular formula is C11H12O3. The van der Waals surface area contributed by atoms with E-state index in [2.05, 4.69) is 0 Å². The maximum absolute atomic E-state index is 11.4. The Morgan fingerprint density at radius 3 is 3.00 bits per heavy atom. The van der Waals surface area contributed by atoms with Gasteiger partial charge in [0.2, 0.25) is 0 Å². The van der Waals surface area contributed by atoms with Crippen LogP contribution in [0.1, 0.15) is 11.5 Å². The fraction of sp³-hybridized carbons (Fsp3) is 0.364. The molecule has 0 aliphatic carbocycles. The van der Waals surface area contributed by atoms with E-state index in [9.17, 15) is 4.79 Å². The average Bonchev–Trinajstić information content (AvgIpc) is 2.65. The Balaban J connectivity index is 2.26. The van der Waals surface area contributed by atoms with E-state index in [-0.39, 0.29) is 18.3 Å². The third-order valence-electron chi connectivity index (χ3n) is 2.41. The Labute approximate surface area is 82.6 Å². The van der Waals surface area contributed by atoms with Gasteiger partial charge < -0.3 is 9.47 Å². The lowest BCUT2D eigenvalue weighted by atomic mass is 9.97. The summed E-state index contributed by atoms with van der Waals surface area (Å²) in [4.78, 5) is 11.4. The molecule has 0 bridgehead atoms. The monoisotopic (exact) mass is 192 g/mol. The first-order valence-electron chi connectivity index (χ1n) is 4.55. The van der Waals surface area contributed by atoms with Crippen LogP contribution in [0.2, 0.25) is 0 Å². The molecule has 1 fully saturated rings. The summed E-state index contributed by atoms with van der Waals surface area (Å²) >= 11 is 0. The first-order chi connectivity index (χ1) is 6.81. The predicted molar refractivity (Wildman–Crippen MR) is 51.6 cm³/mol. The van der Waals surface area contributed by atoms with Crippen molar-refractivity contribution < 1.29 is 14.3 Å². The zero-order chi connectivity index (χ0) is 9.97. The molecule has 0 amide bonds. The van der Waals surface area contributed by atoms with Gasteiger partial charge in [-0.15, -0.1) is 0 Å². The Kier molecular flexibility index (Phi) is 2.50. The fourth-order valence-electron chi connectivity index (χ4n) is 1.61. The van der Waals surface area contributed by atoms with Crippen LogP contribution in [0.25, 0.3) is 0 Å². The van der Waals surface area contributed by atoms with Crippen molar-refractivity contribution >= 4 is 5.78 Å². The van der Waals surface area contributed by atoms with Crippen molar-refractivity contribution in [1.82, 2.24) is 0 Å². The van der Waals surface area contributed by atoms with E-state index in [1.54, 1.807) is 7.11 Å². The summed E-state index contributed by atoms with van der Waals surface area (Å²) in [7, 11) is 1.62. The first-order valence-corrected chi connectivity index (χ1v) is 4.55. The highest BCUT2D eigenvalue weighted by Crippen LogP contribution is 2.25. The van der Waals surface area contributed by atoms with E-state index in [4.69, 9.17) is 9.47 Å².